The summed E-state index contributed by atoms with van der Waals surface area (Å²) in [6, 6.07) is 16.3. The van der Waals surface area contributed by atoms with Crippen molar-refractivity contribution in [1.82, 2.24) is 4.90 Å². The number of para-hydroxylation sites is 3. The molecule has 2 aliphatic heterocycles. The van der Waals surface area contributed by atoms with Gasteiger partial charge in [0.25, 0.3) is 0 Å². The molecule has 6 heteroatoms. The number of fused-ring (bicyclic) bond motifs is 1. The van der Waals surface area contributed by atoms with Crippen molar-refractivity contribution in [2.75, 3.05) is 35.6 Å². The highest BCUT2D eigenvalue weighted by Crippen LogP contribution is 2.38. The minimum absolute atomic E-state index is 0.116. The first-order valence-corrected chi connectivity index (χ1v) is 11.2. The Balaban J connectivity index is 1.54. The van der Waals surface area contributed by atoms with E-state index < -0.39 is 10.8 Å². The van der Waals surface area contributed by atoms with Gasteiger partial charge in [-0.05, 0) is 50.5 Å². The fourth-order valence-electron chi connectivity index (χ4n) is 3.90. The molecular formula is C22H27N3O2S. The van der Waals surface area contributed by atoms with E-state index in [1.807, 2.05) is 32.0 Å². The number of hydrogen-bond donors (Lipinski definition) is 1. The monoisotopic (exact) mass is 397 g/mol. The maximum Gasteiger partial charge on any atom is 0.321 e. The Labute approximate surface area is 169 Å². The largest absolute Gasteiger partial charge is 0.339 e. The van der Waals surface area contributed by atoms with Crippen LogP contribution in [0.4, 0.5) is 21.9 Å². The van der Waals surface area contributed by atoms with Gasteiger partial charge in [-0.1, -0.05) is 30.3 Å². The minimum Gasteiger partial charge on any atom is -0.339 e. The average Bonchev–Trinajstić information content (AvgIpc) is 3.06. The van der Waals surface area contributed by atoms with Crippen molar-refractivity contribution < 1.29 is 9.00 Å². The van der Waals surface area contributed by atoms with Crippen molar-refractivity contribution in [3.8, 4) is 0 Å². The van der Waals surface area contributed by atoms with Crippen molar-refractivity contribution in [2.45, 2.75) is 31.4 Å². The van der Waals surface area contributed by atoms with Crippen molar-refractivity contribution in [3.63, 3.8) is 0 Å². The van der Waals surface area contributed by atoms with Crippen LogP contribution in [-0.4, -0.2) is 45.3 Å². The number of hydrogen-bond acceptors (Lipinski definition) is 3. The maximum absolute atomic E-state index is 12.9. The van der Waals surface area contributed by atoms with Gasteiger partial charge in [0.05, 0.1) is 11.4 Å². The average molecular weight is 398 g/mol. The summed E-state index contributed by atoms with van der Waals surface area (Å²) in [6.45, 7) is 6.09. The van der Waals surface area contributed by atoms with Crippen molar-refractivity contribution >= 4 is 33.9 Å². The quantitative estimate of drug-likeness (QED) is 0.828. The Morgan fingerprint density at radius 3 is 2.54 bits per heavy atom. The van der Waals surface area contributed by atoms with Crippen molar-refractivity contribution in [2.24, 2.45) is 0 Å². The third-order valence-corrected chi connectivity index (χ3v) is 7.75. The molecule has 0 bridgehead atoms. The Kier molecular flexibility index (Phi) is 5.15. The van der Waals surface area contributed by atoms with Crippen molar-refractivity contribution in [3.05, 3.63) is 54.1 Å². The molecule has 2 aromatic carbocycles. The molecule has 0 aliphatic carbocycles. The van der Waals surface area contributed by atoms with Crippen LogP contribution in [0.2, 0.25) is 0 Å². The molecule has 1 N–H and O–H groups in total. The van der Waals surface area contributed by atoms with Crippen LogP contribution in [0.3, 0.4) is 0 Å². The second kappa shape index (κ2) is 7.59. The van der Waals surface area contributed by atoms with E-state index in [4.69, 9.17) is 0 Å². The van der Waals surface area contributed by atoms with Gasteiger partial charge in [-0.15, -0.1) is 0 Å². The summed E-state index contributed by atoms with van der Waals surface area (Å²) >= 11 is 0. The molecule has 2 amide bonds. The Morgan fingerprint density at radius 2 is 1.71 bits per heavy atom. The summed E-state index contributed by atoms with van der Waals surface area (Å²) in [5, 5.41) is 3.10. The second-order valence-corrected chi connectivity index (χ2v) is 10.2. The number of rotatable bonds is 2. The maximum atomic E-state index is 12.9. The van der Waals surface area contributed by atoms with Gasteiger partial charge >= 0.3 is 6.03 Å². The first-order chi connectivity index (χ1) is 13.5. The molecule has 0 radical (unpaired) electrons. The van der Waals surface area contributed by atoms with Gasteiger partial charge in [0, 0.05) is 46.6 Å². The van der Waals surface area contributed by atoms with Gasteiger partial charge in [0.15, 0.2) is 0 Å². The zero-order chi connectivity index (χ0) is 19.7. The molecule has 0 spiro atoms. The van der Waals surface area contributed by atoms with Gasteiger partial charge in [-0.3, -0.25) is 4.21 Å². The number of anilines is 3. The lowest BCUT2D eigenvalue weighted by Gasteiger charge is -2.26. The SMILES string of the molecule is CC1(C)CCN(C(=O)Nc2ccccc2N2CCc3ccccc32)CC[S@@]1=O. The highest BCUT2D eigenvalue weighted by Gasteiger charge is 2.31. The molecule has 148 valence electrons. The van der Waals surface area contributed by atoms with Crippen LogP contribution in [0, 0.1) is 0 Å². The molecule has 5 nitrogen and oxygen atoms in total. The molecule has 2 aliphatic rings. The molecule has 0 aromatic heterocycles. The van der Waals surface area contributed by atoms with Crippen LogP contribution in [0.15, 0.2) is 48.5 Å². The van der Waals surface area contributed by atoms with Crippen LogP contribution in [0.1, 0.15) is 25.8 Å². The molecule has 0 unspecified atom stereocenters. The number of benzene rings is 2. The van der Waals surface area contributed by atoms with Crippen molar-refractivity contribution in [1.29, 1.82) is 0 Å². The molecule has 0 saturated carbocycles. The highest BCUT2D eigenvalue weighted by atomic mass is 32.2. The van der Waals surface area contributed by atoms with Crippen LogP contribution in [-0.2, 0) is 17.2 Å². The molecule has 2 aromatic rings. The summed E-state index contributed by atoms with van der Waals surface area (Å²) in [5.41, 5.74) is 4.37. The van der Waals surface area contributed by atoms with Gasteiger partial charge in [-0.2, -0.15) is 0 Å². The third kappa shape index (κ3) is 3.65. The van der Waals surface area contributed by atoms with E-state index >= 15 is 0 Å². The molecular weight excluding hydrogens is 370 g/mol. The fraction of sp³-hybridized carbons (Fsp3) is 0.409. The van der Waals surface area contributed by atoms with Crippen LogP contribution in [0.5, 0.6) is 0 Å². The van der Waals surface area contributed by atoms with E-state index in [9.17, 15) is 9.00 Å². The standard InChI is InChI=1S/C22H27N3O2S/c1-22(2)12-14-24(15-16-28(22)27)21(26)23-18-8-4-6-10-20(18)25-13-11-17-7-3-5-9-19(17)25/h3-10H,11-16H2,1-2H3,(H,23,26)/t28-/m0/s1. The summed E-state index contributed by atoms with van der Waals surface area (Å²) < 4.78 is 12.1. The topological polar surface area (TPSA) is 52.7 Å². The van der Waals surface area contributed by atoms with E-state index in [0.717, 1.165) is 30.8 Å². The first-order valence-electron chi connectivity index (χ1n) is 9.84. The molecule has 4 rings (SSSR count). The van der Waals surface area contributed by atoms with Crippen LogP contribution >= 0.6 is 0 Å². The number of urea groups is 1. The molecule has 1 saturated heterocycles. The summed E-state index contributed by atoms with van der Waals surface area (Å²) in [7, 11) is -0.913. The van der Waals surface area contributed by atoms with Crippen LogP contribution < -0.4 is 10.2 Å². The molecule has 1 atom stereocenters. The lowest BCUT2D eigenvalue weighted by atomic mass is 10.1. The zero-order valence-corrected chi connectivity index (χ0v) is 17.3. The molecule has 28 heavy (non-hydrogen) atoms. The minimum atomic E-state index is -0.913. The van der Waals surface area contributed by atoms with E-state index in [1.165, 1.54) is 11.3 Å². The molecule has 2 heterocycles. The van der Waals surface area contributed by atoms with Gasteiger partial charge in [-0.25, -0.2) is 4.79 Å². The Bertz CT molecular complexity index is 912. The van der Waals surface area contributed by atoms with Gasteiger partial charge in [0.1, 0.15) is 0 Å². The third-order valence-electron chi connectivity index (χ3n) is 5.76. The van der Waals surface area contributed by atoms with E-state index in [-0.39, 0.29) is 10.8 Å². The van der Waals surface area contributed by atoms with Crippen LogP contribution in [0.25, 0.3) is 0 Å². The lowest BCUT2D eigenvalue weighted by molar-refractivity contribution is 0.214. The normalized spacial score (nSPS) is 21.1. The Hall–Kier alpha value is -2.34. The number of carbonyl (C=O) groups is 1. The summed E-state index contributed by atoms with van der Waals surface area (Å²) in [6.07, 6.45) is 1.75. The fourth-order valence-corrected chi connectivity index (χ4v) is 5.16. The Morgan fingerprint density at radius 1 is 1.00 bits per heavy atom. The first kappa shape index (κ1) is 19.0. The predicted molar refractivity (Wildman–Crippen MR) is 116 cm³/mol. The smallest absolute Gasteiger partial charge is 0.321 e. The predicted octanol–water partition coefficient (Wildman–Crippen LogP) is 4.15. The number of nitrogens with one attached hydrogen (secondary N) is 1. The lowest BCUT2D eigenvalue weighted by Crippen LogP contribution is -2.37. The summed E-state index contributed by atoms with van der Waals surface area (Å²) in [5.74, 6) is 0.529. The number of nitrogens with zero attached hydrogens (tertiary/aromatic N) is 2. The van der Waals surface area contributed by atoms with E-state index in [2.05, 4.69) is 40.5 Å². The second-order valence-electron chi connectivity index (χ2n) is 8.02. The number of carbonyl (C=O) groups excluding carboxylic acids is 1. The van der Waals surface area contributed by atoms with Gasteiger partial charge < -0.3 is 15.1 Å². The van der Waals surface area contributed by atoms with E-state index in [1.54, 1.807) is 4.90 Å². The summed E-state index contributed by atoms with van der Waals surface area (Å²) in [4.78, 5) is 17.0. The van der Waals surface area contributed by atoms with E-state index in [0.29, 0.717) is 18.8 Å². The molecule has 1 fully saturated rings. The van der Waals surface area contributed by atoms with Gasteiger partial charge in [0.2, 0.25) is 0 Å². The number of amides is 2. The zero-order valence-electron chi connectivity index (χ0n) is 16.5. The highest BCUT2D eigenvalue weighted by molar-refractivity contribution is 7.86.